The molecule has 1 saturated heterocycles. The van der Waals surface area contributed by atoms with Crippen molar-refractivity contribution in [3.8, 4) is 0 Å². The van der Waals surface area contributed by atoms with Gasteiger partial charge in [-0.1, -0.05) is 25.1 Å². The summed E-state index contributed by atoms with van der Waals surface area (Å²) in [6, 6.07) is 10.0. The molecule has 1 aliphatic heterocycles. The maximum atomic E-state index is 12.2. The number of hydrogen-bond acceptors (Lipinski definition) is 5. The second kappa shape index (κ2) is 8.65. The van der Waals surface area contributed by atoms with Crippen LogP contribution in [0.25, 0.3) is 0 Å². The second-order valence-corrected chi connectivity index (χ2v) is 6.75. The molecule has 0 saturated carbocycles. The number of benzene rings is 1. The van der Waals surface area contributed by atoms with Gasteiger partial charge in [0, 0.05) is 43.0 Å². The number of nitrogens with two attached hydrogens (primary N) is 1. The van der Waals surface area contributed by atoms with Crippen molar-refractivity contribution < 1.29 is 4.79 Å². The van der Waals surface area contributed by atoms with Crippen LogP contribution in [0.3, 0.4) is 0 Å². The normalized spacial score (nSPS) is 15.0. The minimum Gasteiger partial charge on any atom is -0.399 e. The smallest absolute Gasteiger partial charge is 0.220 e. The third-order valence-corrected chi connectivity index (χ3v) is 4.93. The maximum Gasteiger partial charge on any atom is 0.220 e. The van der Waals surface area contributed by atoms with Crippen LogP contribution in [0.15, 0.2) is 36.7 Å². The Morgan fingerprint density at radius 1 is 1.27 bits per heavy atom. The molecule has 26 heavy (non-hydrogen) atoms. The van der Waals surface area contributed by atoms with Gasteiger partial charge in [0.15, 0.2) is 0 Å². The Hall–Kier alpha value is -2.63. The molecule has 0 atom stereocenters. The summed E-state index contributed by atoms with van der Waals surface area (Å²) in [6.07, 6.45) is 5.57. The third-order valence-electron chi connectivity index (χ3n) is 4.93. The predicted octanol–water partition coefficient (Wildman–Crippen LogP) is 2.34. The Morgan fingerprint density at radius 2 is 2.04 bits per heavy atom. The molecule has 0 spiro atoms. The molecule has 3 N–H and O–H groups in total. The average Bonchev–Trinajstić information content (AvgIpc) is 2.68. The van der Waals surface area contributed by atoms with Gasteiger partial charge in [-0.2, -0.15) is 0 Å². The standard InChI is InChI=1S/C20H27N5O/c1-2-16-13-19(23-14-22-16)25-11-9-17(10-12-25)24-20(26)8-7-15-5-3-4-6-18(15)21/h3-6,13-14,17H,2,7-12,21H2,1H3,(H,24,26). The zero-order chi connectivity index (χ0) is 18.4. The first-order valence-corrected chi connectivity index (χ1v) is 9.34. The molecular weight excluding hydrogens is 326 g/mol. The quantitative estimate of drug-likeness (QED) is 0.779. The molecule has 1 fully saturated rings. The van der Waals surface area contributed by atoms with Gasteiger partial charge in [0.25, 0.3) is 0 Å². The predicted molar refractivity (Wildman–Crippen MR) is 104 cm³/mol. The van der Waals surface area contributed by atoms with Crippen molar-refractivity contribution >= 4 is 17.4 Å². The largest absolute Gasteiger partial charge is 0.399 e. The number of carbonyl (C=O) groups is 1. The lowest BCUT2D eigenvalue weighted by Crippen LogP contribution is -2.45. The molecule has 6 heteroatoms. The van der Waals surface area contributed by atoms with Crippen LogP contribution in [0.4, 0.5) is 11.5 Å². The number of hydrogen-bond donors (Lipinski definition) is 2. The highest BCUT2D eigenvalue weighted by Gasteiger charge is 2.21. The molecule has 2 aromatic rings. The highest BCUT2D eigenvalue weighted by molar-refractivity contribution is 5.76. The summed E-state index contributed by atoms with van der Waals surface area (Å²) in [7, 11) is 0. The minimum absolute atomic E-state index is 0.0991. The SMILES string of the molecule is CCc1cc(N2CCC(NC(=O)CCc3ccccc3N)CC2)ncn1. The molecular formula is C20H27N5O. The number of nitrogen functional groups attached to an aromatic ring is 1. The van der Waals surface area contributed by atoms with Crippen LogP contribution in [0, 0.1) is 0 Å². The lowest BCUT2D eigenvalue weighted by atomic mass is 10.0. The van der Waals surface area contributed by atoms with E-state index in [1.165, 1.54) is 0 Å². The van der Waals surface area contributed by atoms with E-state index in [2.05, 4.69) is 33.2 Å². The van der Waals surface area contributed by atoms with Crippen LogP contribution in [-0.4, -0.2) is 35.0 Å². The van der Waals surface area contributed by atoms with Crippen molar-refractivity contribution in [3.63, 3.8) is 0 Å². The van der Waals surface area contributed by atoms with Crippen LogP contribution >= 0.6 is 0 Å². The Bertz CT molecular complexity index is 740. The van der Waals surface area contributed by atoms with Gasteiger partial charge in [-0.15, -0.1) is 0 Å². The Kier molecular flexibility index (Phi) is 6.04. The molecule has 3 rings (SSSR count). The monoisotopic (exact) mass is 353 g/mol. The number of para-hydroxylation sites is 1. The van der Waals surface area contributed by atoms with Gasteiger partial charge in [-0.25, -0.2) is 9.97 Å². The summed E-state index contributed by atoms with van der Waals surface area (Å²) < 4.78 is 0. The lowest BCUT2D eigenvalue weighted by Gasteiger charge is -2.33. The number of nitrogens with zero attached hydrogens (tertiary/aromatic N) is 3. The number of piperidine rings is 1. The fourth-order valence-electron chi connectivity index (χ4n) is 3.31. The molecule has 1 aromatic heterocycles. The van der Waals surface area contributed by atoms with E-state index < -0.39 is 0 Å². The fourth-order valence-corrected chi connectivity index (χ4v) is 3.31. The van der Waals surface area contributed by atoms with E-state index in [4.69, 9.17) is 5.73 Å². The molecule has 2 heterocycles. The first-order chi connectivity index (χ1) is 12.7. The van der Waals surface area contributed by atoms with E-state index >= 15 is 0 Å². The van der Waals surface area contributed by atoms with E-state index in [0.29, 0.717) is 12.8 Å². The van der Waals surface area contributed by atoms with E-state index in [9.17, 15) is 4.79 Å². The fraction of sp³-hybridized carbons (Fsp3) is 0.450. The van der Waals surface area contributed by atoms with Crippen LogP contribution in [-0.2, 0) is 17.6 Å². The van der Waals surface area contributed by atoms with Crippen LogP contribution in [0.2, 0.25) is 0 Å². The van der Waals surface area contributed by atoms with E-state index in [0.717, 1.165) is 55.1 Å². The number of rotatable bonds is 6. The first-order valence-electron chi connectivity index (χ1n) is 9.34. The Balaban J connectivity index is 1.44. The van der Waals surface area contributed by atoms with E-state index in [-0.39, 0.29) is 11.9 Å². The molecule has 1 aromatic carbocycles. The summed E-state index contributed by atoms with van der Waals surface area (Å²) in [5.74, 6) is 1.09. The molecule has 1 amide bonds. The number of anilines is 2. The lowest BCUT2D eigenvalue weighted by molar-refractivity contribution is -0.121. The van der Waals surface area contributed by atoms with Gasteiger partial charge in [0.1, 0.15) is 12.1 Å². The number of amides is 1. The van der Waals surface area contributed by atoms with Gasteiger partial charge in [0.2, 0.25) is 5.91 Å². The van der Waals surface area contributed by atoms with Crippen LogP contribution < -0.4 is 16.0 Å². The van der Waals surface area contributed by atoms with Crippen molar-refractivity contribution in [2.75, 3.05) is 23.7 Å². The molecule has 1 aliphatic rings. The summed E-state index contributed by atoms with van der Waals surface area (Å²) in [4.78, 5) is 23.2. The van der Waals surface area contributed by atoms with Gasteiger partial charge in [-0.05, 0) is 37.3 Å². The van der Waals surface area contributed by atoms with Crippen molar-refractivity contribution in [2.24, 2.45) is 0 Å². The van der Waals surface area contributed by atoms with E-state index in [1.807, 2.05) is 24.3 Å². The third kappa shape index (κ3) is 4.71. The number of aryl methyl sites for hydroxylation is 2. The van der Waals surface area contributed by atoms with Gasteiger partial charge in [0.05, 0.1) is 0 Å². The molecule has 0 aliphatic carbocycles. The zero-order valence-corrected chi connectivity index (χ0v) is 15.3. The highest BCUT2D eigenvalue weighted by Crippen LogP contribution is 2.19. The van der Waals surface area contributed by atoms with Gasteiger partial charge >= 0.3 is 0 Å². The minimum atomic E-state index is 0.0991. The van der Waals surface area contributed by atoms with Crippen molar-refractivity contribution in [2.45, 2.75) is 45.1 Å². The Morgan fingerprint density at radius 3 is 2.77 bits per heavy atom. The van der Waals surface area contributed by atoms with Crippen molar-refractivity contribution in [1.29, 1.82) is 0 Å². The number of aromatic nitrogens is 2. The molecule has 0 bridgehead atoms. The topological polar surface area (TPSA) is 84.1 Å². The van der Waals surface area contributed by atoms with Crippen molar-refractivity contribution in [1.82, 2.24) is 15.3 Å². The van der Waals surface area contributed by atoms with Crippen molar-refractivity contribution in [3.05, 3.63) is 47.9 Å². The summed E-state index contributed by atoms with van der Waals surface area (Å²) in [5.41, 5.74) is 8.79. The molecule has 6 nitrogen and oxygen atoms in total. The molecule has 0 radical (unpaired) electrons. The first kappa shape index (κ1) is 18.2. The zero-order valence-electron chi connectivity index (χ0n) is 15.3. The molecule has 138 valence electrons. The second-order valence-electron chi connectivity index (χ2n) is 6.75. The van der Waals surface area contributed by atoms with Crippen LogP contribution in [0.1, 0.15) is 37.4 Å². The Labute approximate surface area is 154 Å². The van der Waals surface area contributed by atoms with Gasteiger partial charge in [-0.3, -0.25) is 4.79 Å². The number of carbonyl (C=O) groups excluding carboxylic acids is 1. The summed E-state index contributed by atoms with van der Waals surface area (Å²) in [5, 5.41) is 3.16. The number of nitrogens with one attached hydrogen (secondary N) is 1. The van der Waals surface area contributed by atoms with Gasteiger partial charge < -0.3 is 16.0 Å². The maximum absolute atomic E-state index is 12.2. The molecule has 0 unspecified atom stereocenters. The van der Waals surface area contributed by atoms with Crippen LogP contribution in [0.5, 0.6) is 0 Å². The average molecular weight is 353 g/mol. The summed E-state index contributed by atoms with van der Waals surface area (Å²) >= 11 is 0. The summed E-state index contributed by atoms with van der Waals surface area (Å²) in [6.45, 7) is 3.89. The van der Waals surface area contributed by atoms with E-state index in [1.54, 1.807) is 6.33 Å². The highest BCUT2D eigenvalue weighted by atomic mass is 16.1.